The summed E-state index contributed by atoms with van der Waals surface area (Å²) in [6.07, 6.45) is 1.46. The maximum Gasteiger partial charge on any atom is 0.265 e. The van der Waals surface area contributed by atoms with Crippen LogP contribution in [-0.2, 0) is 4.79 Å². The molecule has 2 rings (SSSR count). The second kappa shape index (κ2) is 9.57. The van der Waals surface area contributed by atoms with Gasteiger partial charge < -0.3 is 19.5 Å². The molecule has 2 aromatic rings. The quantitative estimate of drug-likeness (QED) is 0.691. The van der Waals surface area contributed by atoms with Gasteiger partial charge in [0.15, 0.2) is 17.6 Å². The number of unbranched alkanes of at least 4 members (excludes halogenated alkanes) is 1. The van der Waals surface area contributed by atoms with E-state index in [0.29, 0.717) is 23.8 Å². The zero-order chi connectivity index (χ0) is 18.1. The van der Waals surface area contributed by atoms with Crippen LogP contribution in [0.4, 0.5) is 5.69 Å². The zero-order valence-electron chi connectivity index (χ0n) is 15.0. The third kappa shape index (κ3) is 5.71. The van der Waals surface area contributed by atoms with Crippen molar-refractivity contribution in [3.05, 3.63) is 48.5 Å². The lowest BCUT2D eigenvalue weighted by Crippen LogP contribution is -2.30. The Morgan fingerprint density at radius 3 is 2.40 bits per heavy atom. The lowest BCUT2D eigenvalue weighted by molar-refractivity contribution is -0.122. The van der Waals surface area contributed by atoms with Gasteiger partial charge >= 0.3 is 0 Å². The molecule has 0 saturated carbocycles. The fourth-order valence-corrected chi connectivity index (χ4v) is 2.17. The number of hydrogen-bond donors (Lipinski definition) is 1. The van der Waals surface area contributed by atoms with Gasteiger partial charge in [0.2, 0.25) is 0 Å². The first kappa shape index (κ1) is 18.6. The van der Waals surface area contributed by atoms with E-state index in [1.165, 1.54) is 0 Å². The molecule has 0 saturated heterocycles. The largest absolute Gasteiger partial charge is 0.494 e. The van der Waals surface area contributed by atoms with Crippen molar-refractivity contribution in [3.63, 3.8) is 0 Å². The second-order valence-corrected chi connectivity index (χ2v) is 5.63. The third-order valence-corrected chi connectivity index (χ3v) is 3.63. The highest BCUT2D eigenvalue weighted by molar-refractivity contribution is 5.94. The van der Waals surface area contributed by atoms with Crippen molar-refractivity contribution in [2.75, 3.05) is 19.0 Å². The van der Waals surface area contributed by atoms with Gasteiger partial charge in [0.1, 0.15) is 5.75 Å². The SMILES string of the molecule is CCCCOc1ccc(NC(=O)[C@@H](C)Oc2ccccc2OC)cc1. The number of amides is 1. The van der Waals surface area contributed by atoms with Gasteiger partial charge in [0, 0.05) is 5.69 Å². The van der Waals surface area contributed by atoms with Crippen molar-refractivity contribution in [3.8, 4) is 17.2 Å². The summed E-state index contributed by atoms with van der Waals surface area (Å²) in [6.45, 7) is 4.52. The van der Waals surface area contributed by atoms with Crippen molar-refractivity contribution < 1.29 is 19.0 Å². The van der Waals surface area contributed by atoms with Crippen molar-refractivity contribution in [1.29, 1.82) is 0 Å². The molecule has 1 amide bonds. The number of para-hydroxylation sites is 2. The van der Waals surface area contributed by atoms with Crippen molar-refractivity contribution >= 4 is 11.6 Å². The van der Waals surface area contributed by atoms with Crippen molar-refractivity contribution in [2.24, 2.45) is 0 Å². The van der Waals surface area contributed by atoms with Gasteiger partial charge in [-0.3, -0.25) is 4.79 Å². The molecule has 5 nitrogen and oxygen atoms in total. The van der Waals surface area contributed by atoms with Crippen LogP contribution in [0.15, 0.2) is 48.5 Å². The fourth-order valence-electron chi connectivity index (χ4n) is 2.17. The first-order valence-electron chi connectivity index (χ1n) is 8.47. The number of rotatable bonds is 9. The standard InChI is InChI=1S/C20H25NO4/c1-4-5-14-24-17-12-10-16(11-13-17)21-20(22)15(2)25-19-9-7-6-8-18(19)23-3/h6-13,15H,4-5,14H2,1-3H3,(H,21,22)/t15-/m1/s1. The topological polar surface area (TPSA) is 56.8 Å². The molecular weight excluding hydrogens is 318 g/mol. The molecule has 1 atom stereocenters. The number of ether oxygens (including phenoxy) is 3. The highest BCUT2D eigenvalue weighted by Crippen LogP contribution is 2.27. The molecule has 1 N–H and O–H groups in total. The van der Waals surface area contributed by atoms with E-state index in [1.54, 1.807) is 26.2 Å². The molecule has 0 aliphatic carbocycles. The minimum Gasteiger partial charge on any atom is -0.494 e. The molecular formula is C20H25NO4. The van der Waals surface area contributed by atoms with Gasteiger partial charge in [0.25, 0.3) is 5.91 Å². The second-order valence-electron chi connectivity index (χ2n) is 5.63. The fraction of sp³-hybridized carbons (Fsp3) is 0.350. The Hall–Kier alpha value is -2.69. The molecule has 0 bridgehead atoms. The van der Waals surface area contributed by atoms with Crippen molar-refractivity contribution in [1.82, 2.24) is 0 Å². The van der Waals surface area contributed by atoms with Crippen LogP contribution in [0.3, 0.4) is 0 Å². The van der Waals surface area contributed by atoms with E-state index in [4.69, 9.17) is 14.2 Å². The molecule has 5 heteroatoms. The van der Waals surface area contributed by atoms with Crippen LogP contribution >= 0.6 is 0 Å². The summed E-state index contributed by atoms with van der Waals surface area (Å²) < 4.78 is 16.5. The van der Waals surface area contributed by atoms with Gasteiger partial charge in [-0.1, -0.05) is 25.5 Å². The number of benzene rings is 2. The molecule has 25 heavy (non-hydrogen) atoms. The minimum atomic E-state index is -0.656. The third-order valence-electron chi connectivity index (χ3n) is 3.63. The maximum atomic E-state index is 12.3. The number of nitrogens with one attached hydrogen (secondary N) is 1. The predicted octanol–water partition coefficient (Wildman–Crippen LogP) is 4.28. The van der Waals surface area contributed by atoms with E-state index in [1.807, 2.05) is 36.4 Å². The number of methoxy groups -OCH3 is 1. The van der Waals surface area contributed by atoms with Crippen LogP contribution in [0.2, 0.25) is 0 Å². The average molecular weight is 343 g/mol. The predicted molar refractivity (Wildman–Crippen MR) is 98.6 cm³/mol. The van der Waals surface area contributed by atoms with E-state index in [9.17, 15) is 4.79 Å². The Balaban J connectivity index is 1.90. The Kier molecular flexibility index (Phi) is 7.14. The molecule has 2 aromatic carbocycles. The normalized spacial score (nSPS) is 11.5. The Morgan fingerprint density at radius 2 is 1.76 bits per heavy atom. The number of hydrogen-bond acceptors (Lipinski definition) is 4. The maximum absolute atomic E-state index is 12.3. The molecule has 0 aliphatic heterocycles. The average Bonchev–Trinajstić information content (AvgIpc) is 2.63. The molecule has 0 aliphatic rings. The molecule has 0 aromatic heterocycles. The van der Waals surface area contributed by atoms with Crippen LogP contribution < -0.4 is 19.5 Å². The lowest BCUT2D eigenvalue weighted by atomic mass is 10.2. The zero-order valence-corrected chi connectivity index (χ0v) is 15.0. The summed E-state index contributed by atoms with van der Waals surface area (Å²) in [7, 11) is 1.57. The highest BCUT2D eigenvalue weighted by atomic mass is 16.5. The lowest BCUT2D eigenvalue weighted by Gasteiger charge is -2.16. The van der Waals surface area contributed by atoms with E-state index < -0.39 is 6.10 Å². The summed E-state index contributed by atoms with van der Waals surface area (Å²) >= 11 is 0. The van der Waals surface area contributed by atoms with Gasteiger partial charge in [-0.15, -0.1) is 0 Å². The van der Waals surface area contributed by atoms with Gasteiger partial charge in [-0.2, -0.15) is 0 Å². The van der Waals surface area contributed by atoms with Crippen LogP contribution in [0.1, 0.15) is 26.7 Å². The molecule has 0 spiro atoms. The van der Waals surface area contributed by atoms with E-state index in [-0.39, 0.29) is 5.91 Å². The molecule has 0 fully saturated rings. The molecule has 134 valence electrons. The van der Waals surface area contributed by atoms with E-state index in [0.717, 1.165) is 18.6 Å². The first-order valence-corrected chi connectivity index (χ1v) is 8.47. The Morgan fingerprint density at radius 1 is 1.08 bits per heavy atom. The van der Waals surface area contributed by atoms with Crippen LogP contribution in [0.5, 0.6) is 17.2 Å². The molecule has 0 heterocycles. The number of anilines is 1. The smallest absolute Gasteiger partial charge is 0.265 e. The highest BCUT2D eigenvalue weighted by Gasteiger charge is 2.16. The summed E-state index contributed by atoms with van der Waals surface area (Å²) in [4.78, 5) is 12.3. The van der Waals surface area contributed by atoms with Gasteiger partial charge in [-0.25, -0.2) is 0 Å². The van der Waals surface area contributed by atoms with Crippen LogP contribution in [-0.4, -0.2) is 25.7 Å². The van der Waals surface area contributed by atoms with Crippen LogP contribution in [0, 0.1) is 0 Å². The van der Waals surface area contributed by atoms with Crippen LogP contribution in [0.25, 0.3) is 0 Å². The molecule has 0 radical (unpaired) electrons. The Bertz CT molecular complexity index is 670. The number of carbonyl (C=O) groups excluding carboxylic acids is 1. The van der Waals surface area contributed by atoms with Crippen molar-refractivity contribution in [2.45, 2.75) is 32.8 Å². The van der Waals surface area contributed by atoms with Gasteiger partial charge in [0.05, 0.1) is 13.7 Å². The number of carbonyl (C=O) groups is 1. The minimum absolute atomic E-state index is 0.231. The van der Waals surface area contributed by atoms with E-state index >= 15 is 0 Å². The van der Waals surface area contributed by atoms with Gasteiger partial charge in [-0.05, 0) is 49.7 Å². The first-order chi connectivity index (χ1) is 12.1. The summed E-state index contributed by atoms with van der Waals surface area (Å²) in [5.74, 6) is 1.69. The monoisotopic (exact) mass is 343 g/mol. The summed E-state index contributed by atoms with van der Waals surface area (Å²) in [5.41, 5.74) is 0.698. The summed E-state index contributed by atoms with van der Waals surface area (Å²) in [6, 6.07) is 14.6. The molecule has 0 unspecified atom stereocenters. The summed E-state index contributed by atoms with van der Waals surface area (Å²) in [5, 5.41) is 2.83. The van der Waals surface area contributed by atoms with E-state index in [2.05, 4.69) is 12.2 Å². The Labute approximate surface area is 148 Å².